The molecule has 0 radical (unpaired) electrons. The molecular weight excluding hydrogens is 374 g/mol. The van der Waals surface area contributed by atoms with E-state index in [0.29, 0.717) is 11.3 Å². The van der Waals surface area contributed by atoms with Crippen LogP contribution in [-0.4, -0.2) is 33.0 Å². The van der Waals surface area contributed by atoms with Gasteiger partial charge >= 0.3 is 5.97 Å². The number of aliphatic hydroxyl groups is 1. The normalized spacial score (nSPS) is 11.8. The summed E-state index contributed by atoms with van der Waals surface area (Å²) in [7, 11) is 1.76. The molecule has 0 aliphatic heterocycles. The first-order valence-electron chi connectivity index (χ1n) is 8.59. The molecule has 142 valence electrons. The van der Waals surface area contributed by atoms with E-state index in [0.717, 1.165) is 16.0 Å². The average Bonchev–Trinajstić information content (AvgIpc) is 3.03. The number of carbonyl (C=O) groups is 1. The van der Waals surface area contributed by atoms with Crippen molar-refractivity contribution in [2.24, 2.45) is 7.05 Å². The van der Waals surface area contributed by atoms with Gasteiger partial charge in [0.15, 0.2) is 11.6 Å². The Hall–Kier alpha value is -3.24. The minimum Gasteiger partial charge on any atom is -0.507 e. The fourth-order valence-corrected chi connectivity index (χ4v) is 3.56. The van der Waals surface area contributed by atoms with Gasteiger partial charge in [0.1, 0.15) is 18.2 Å². The van der Waals surface area contributed by atoms with Crippen LogP contribution in [0.1, 0.15) is 11.4 Å². The summed E-state index contributed by atoms with van der Waals surface area (Å²) in [6.45, 7) is 1.59. The van der Waals surface area contributed by atoms with E-state index in [4.69, 9.17) is 4.74 Å². The molecule has 0 atom stereocenters. The number of para-hydroxylation sites is 2. The number of esters is 1. The van der Waals surface area contributed by atoms with E-state index in [9.17, 15) is 15.2 Å². The van der Waals surface area contributed by atoms with Crippen LogP contribution in [0.4, 0.5) is 0 Å². The predicted molar refractivity (Wildman–Crippen MR) is 109 cm³/mol. The molecule has 3 aromatic rings. The number of nitriles is 1. The quantitative estimate of drug-likeness (QED) is 0.295. The second-order valence-electron chi connectivity index (χ2n) is 6.13. The minimum absolute atomic E-state index is 0.0157. The minimum atomic E-state index is -0.470. The van der Waals surface area contributed by atoms with Crippen LogP contribution in [0.25, 0.3) is 16.6 Å². The molecule has 3 rings (SSSR count). The van der Waals surface area contributed by atoms with Crippen LogP contribution in [0.15, 0.2) is 59.2 Å². The van der Waals surface area contributed by atoms with Gasteiger partial charge in [-0.25, -0.2) is 4.98 Å². The maximum Gasteiger partial charge on any atom is 0.316 e. The summed E-state index contributed by atoms with van der Waals surface area (Å²) in [4.78, 5) is 17.4. The van der Waals surface area contributed by atoms with E-state index < -0.39 is 5.97 Å². The molecule has 0 spiro atoms. The van der Waals surface area contributed by atoms with E-state index >= 15 is 0 Å². The topological polar surface area (TPSA) is 88.1 Å². The lowest BCUT2D eigenvalue weighted by Crippen LogP contribution is -2.11. The molecule has 1 heterocycles. The van der Waals surface area contributed by atoms with Gasteiger partial charge in [0, 0.05) is 11.9 Å². The Kier molecular flexibility index (Phi) is 6.02. The van der Waals surface area contributed by atoms with Crippen LogP contribution in [0, 0.1) is 18.3 Å². The average molecular weight is 393 g/mol. The van der Waals surface area contributed by atoms with E-state index in [1.165, 1.54) is 11.8 Å². The fourth-order valence-electron chi connectivity index (χ4n) is 2.73. The van der Waals surface area contributed by atoms with Crippen molar-refractivity contribution in [2.75, 3.05) is 12.4 Å². The van der Waals surface area contributed by atoms with Gasteiger partial charge in [-0.05, 0) is 30.7 Å². The van der Waals surface area contributed by atoms with Crippen LogP contribution < -0.4 is 0 Å². The van der Waals surface area contributed by atoms with Crippen molar-refractivity contribution >= 4 is 34.3 Å². The number of aromatic nitrogens is 2. The molecule has 1 N–H and O–H groups in total. The van der Waals surface area contributed by atoms with Crippen LogP contribution >= 0.6 is 11.8 Å². The number of rotatable bonds is 6. The molecule has 0 saturated heterocycles. The summed E-state index contributed by atoms with van der Waals surface area (Å²) in [5, 5.41) is 19.8. The summed E-state index contributed by atoms with van der Waals surface area (Å²) in [6.07, 6.45) is 0. The number of ether oxygens (including phenoxy) is 1. The second-order valence-corrected chi connectivity index (χ2v) is 7.15. The van der Waals surface area contributed by atoms with Crippen molar-refractivity contribution in [3.63, 3.8) is 0 Å². The van der Waals surface area contributed by atoms with Gasteiger partial charge in [0.25, 0.3) is 0 Å². The van der Waals surface area contributed by atoms with Gasteiger partial charge < -0.3 is 14.4 Å². The third-order valence-corrected chi connectivity index (χ3v) is 5.37. The molecule has 0 saturated carbocycles. The molecule has 0 amide bonds. The zero-order valence-corrected chi connectivity index (χ0v) is 16.4. The number of aliphatic hydroxyl groups excluding tert-OH is 1. The molecule has 7 heteroatoms. The lowest BCUT2D eigenvalue weighted by Gasteiger charge is -2.08. The van der Waals surface area contributed by atoms with Gasteiger partial charge in [-0.1, -0.05) is 30.3 Å². The Morgan fingerprint density at radius 1 is 1.25 bits per heavy atom. The van der Waals surface area contributed by atoms with E-state index in [-0.39, 0.29) is 23.7 Å². The number of carbonyl (C=O) groups excluding carboxylic acids is 1. The molecule has 0 unspecified atom stereocenters. The number of aryl methyl sites for hydroxylation is 2. The number of fused-ring (bicyclic) bond motifs is 1. The largest absolute Gasteiger partial charge is 0.507 e. The first-order valence-corrected chi connectivity index (χ1v) is 9.58. The molecular formula is C21H19N3O3S. The monoisotopic (exact) mass is 393 g/mol. The highest BCUT2D eigenvalue weighted by atomic mass is 32.2. The third-order valence-electron chi connectivity index (χ3n) is 4.22. The summed E-state index contributed by atoms with van der Waals surface area (Å²) in [5.74, 6) is -0.351. The zero-order chi connectivity index (χ0) is 20.1. The van der Waals surface area contributed by atoms with Gasteiger partial charge in [-0.2, -0.15) is 5.26 Å². The first-order chi connectivity index (χ1) is 13.5. The Morgan fingerprint density at radius 3 is 2.68 bits per heavy atom. The van der Waals surface area contributed by atoms with Crippen molar-refractivity contribution < 1.29 is 14.6 Å². The highest BCUT2D eigenvalue weighted by molar-refractivity contribution is 8.00. The van der Waals surface area contributed by atoms with Gasteiger partial charge in [0.05, 0.1) is 16.8 Å². The summed E-state index contributed by atoms with van der Waals surface area (Å²) >= 11 is 1.37. The smallest absolute Gasteiger partial charge is 0.316 e. The molecule has 6 nitrogen and oxygen atoms in total. The lowest BCUT2D eigenvalue weighted by molar-refractivity contribution is -0.140. The Morgan fingerprint density at radius 2 is 1.96 bits per heavy atom. The molecule has 0 bridgehead atoms. The number of benzene rings is 2. The van der Waals surface area contributed by atoms with Crippen molar-refractivity contribution in [1.82, 2.24) is 9.55 Å². The van der Waals surface area contributed by atoms with Crippen LogP contribution in [0.3, 0.4) is 0 Å². The fraction of sp³-hybridized carbons (Fsp3) is 0.190. The number of allylic oxidation sites excluding steroid dienone is 1. The van der Waals surface area contributed by atoms with E-state index in [1.54, 1.807) is 11.6 Å². The number of nitrogens with zero attached hydrogens (tertiary/aromatic N) is 3. The van der Waals surface area contributed by atoms with E-state index in [2.05, 4.69) is 4.98 Å². The number of hydrogen-bond acceptors (Lipinski definition) is 6. The van der Waals surface area contributed by atoms with Crippen LogP contribution in [0.5, 0.6) is 0 Å². The van der Waals surface area contributed by atoms with Gasteiger partial charge in [-0.15, -0.1) is 11.8 Å². The number of imidazole rings is 1. The molecule has 1 aromatic heterocycles. The second kappa shape index (κ2) is 8.63. The highest BCUT2D eigenvalue weighted by Crippen LogP contribution is 2.23. The number of hydrogen-bond donors (Lipinski definition) is 1. The van der Waals surface area contributed by atoms with Crippen molar-refractivity contribution in [3.05, 3.63) is 65.7 Å². The summed E-state index contributed by atoms with van der Waals surface area (Å²) in [5.41, 5.74) is 2.62. The maximum absolute atomic E-state index is 12.0. The predicted octanol–water partition coefficient (Wildman–Crippen LogP) is 4.01. The Labute approximate surface area is 167 Å². The Balaban J connectivity index is 1.69. The zero-order valence-electron chi connectivity index (χ0n) is 15.5. The molecule has 0 aliphatic rings. The SMILES string of the molecule is Cc1ccccc1SCC(=O)OC/C(O)=C(\C#N)c1nc2ccccc2n1C. The molecule has 2 aromatic carbocycles. The van der Waals surface area contributed by atoms with Crippen LogP contribution in [0.2, 0.25) is 0 Å². The van der Waals surface area contributed by atoms with Gasteiger partial charge in [-0.3, -0.25) is 4.79 Å². The molecule has 28 heavy (non-hydrogen) atoms. The summed E-state index contributed by atoms with van der Waals surface area (Å²) < 4.78 is 6.85. The lowest BCUT2D eigenvalue weighted by atomic mass is 10.2. The maximum atomic E-state index is 12.0. The third kappa shape index (κ3) is 4.18. The number of thioether (sulfide) groups is 1. The highest BCUT2D eigenvalue weighted by Gasteiger charge is 2.17. The standard InChI is InChI=1S/C21H19N3O3S/c1-14-7-3-6-10-19(14)28-13-20(26)27-12-18(25)15(11-22)21-23-16-8-4-5-9-17(16)24(21)2/h3-10,25H,12-13H2,1-2H3/b18-15-. The molecule has 0 fully saturated rings. The van der Waals surface area contributed by atoms with Crippen molar-refractivity contribution in [1.29, 1.82) is 5.26 Å². The first kappa shape index (κ1) is 19.5. The Bertz CT molecular complexity index is 1100. The summed E-state index contributed by atoms with van der Waals surface area (Å²) in [6, 6.07) is 17.1. The molecule has 0 aliphatic carbocycles. The van der Waals surface area contributed by atoms with E-state index in [1.807, 2.05) is 61.5 Å². The van der Waals surface area contributed by atoms with Crippen LogP contribution in [-0.2, 0) is 16.6 Å². The van der Waals surface area contributed by atoms with Crippen molar-refractivity contribution in [2.45, 2.75) is 11.8 Å². The van der Waals surface area contributed by atoms with Crippen molar-refractivity contribution in [3.8, 4) is 6.07 Å². The van der Waals surface area contributed by atoms with Gasteiger partial charge in [0.2, 0.25) is 0 Å².